The fourth-order valence-electron chi connectivity index (χ4n) is 7.30. The third-order valence-electron chi connectivity index (χ3n) is 10.6. The van der Waals surface area contributed by atoms with Gasteiger partial charge in [0.15, 0.2) is 18.4 Å². The van der Waals surface area contributed by atoms with E-state index < -0.39 is 131 Å². The maximum atomic E-state index is 13.9. The van der Waals surface area contributed by atoms with Gasteiger partial charge in [0.2, 0.25) is 11.8 Å². The van der Waals surface area contributed by atoms with Crippen LogP contribution in [0.4, 0.5) is 0 Å². The van der Waals surface area contributed by atoms with Crippen LogP contribution >= 0.6 is 7.82 Å². The maximum absolute atomic E-state index is 13.9. The van der Waals surface area contributed by atoms with Crippen LogP contribution in [-0.4, -0.2) is 130 Å². The highest BCUT2D eigenvalue weighted by molar-refractivity contribution is 7.46. The van der Waals surface area contributed by atoms with Crippen LogP contribution in [0.5, 0.6) is 0 Å². The minimum atomic E-state index is -5.49. The van der Waals surface area contributed by atoms with Gasteiger partial charge in [-0.05, 0) is 38.5 Å². The van der Waals surface area contributed by atoms with E-state index in [4.69, 9.17) is 32.9 Å². The fourth-order valence-corrected chi connectivity index (χ4v) is 7.87. The lowest BCUT2D eigenvalue weighted by molar-refractivity contribution is -0.272. The zero-order valence-corrected chi connectivity index (χ0v) is 41.2. The quantitative estimate of drug-likeness (QED) is 0.0201. The average Bonchev–Trinajstić information content (AvgIpc) is 3.23. The van der Waals surface area contributed by atoms with Crippen molar-refractivity contribution in [2.45, 2.75) is 231 Å². The molecule has 2 amide bonds. The van der Waals surface area contributed by atoms with Crippen LogP contribution in [0.3, 0.4) is 0 Å². The van der Waals surface area contributed by atoms with Gasteiger partial charge in [-0.1, -0.05) is 99.3 Å². The lowest BCUT2D eigenvalue weighted by Crippen LogP contribution is -2.66. The number of carboxylic acids is 1. The van der Waals surface area contributed by atoms with Crippen LogP contribution < -0.4 is 10.6 Å². The van der Waals surface area contributed by atoms with Gasteiger partial charge in [0.05, 0.1) is 32.5 Å². The molecule has 1 saturated heterocycles. The van der Waals surface area contributed by atoms with Crippen LogP contribution in [0.15, 0.2) is 0 Å². The molecular weight excluding hydrogens is 903 g/mol. The van der Waals surface area contributed by atoms with E-state index in [9.17, 15) is 58.1 Å². The highest BCUT2D eigenvalue weighted by atomic mass is 31.2. The van der Waals surface area contributed by atoms with Crippen molar-refractivity contribution in [3.05, 3.63) is 0 Å². The molecule has 0 saturated carbocycles. The molecule has 0 spiro atoms. The summed E-state index contributed by atoms with van der Waals surface area (Å²) in [6.45, 7) is 9.42. The Morgan fingerprint density at radius 3 is 1.46 bits per heavy atom. The molecule has 1 heterocycles. The molecule has 0 aliphatic carbocycles. The fraction of sp³-hybridized carbons (Fsp3) is 0.844. The Morgan fingerprint density at radius 1 is 0.612 bits per heavy atom. The van der Waals surface area contributed by atoms with Gasteiger partial charge < -0.3 is 59.1 Å². The molecule has 21 nitrogen and oxygen atoms in total. The van der Waals surface area contributed by atoms with E-state index in [-0.39, 0.29) is 38.5 Å². The van der Waals surface area contributed by atoms with Crippen LogP contribution in [0, 0.1) is 0 Å². The number of amides is 2. The summed E-state index contributed by atoms with van der Waals surface area (Å²) in [4.78, 5) is 111. The number of ether oxygens (including phenoxy) is 6. The second-order valence-electron chi connectivity index (χ2n) is 16.8. The van der Waals surface area contributed by atoms with E-state index in [1.165, 1.54) is 0 Å². The Labute approximate surface area is 395 Å². The number of phosphoric acid groups is 1. The first-order valence-corrected chi connectivity index (χ1v) is 25.6. The highest BCUT2D eigenvalue weighted by Crippen LogP contribution is 2.42. The second kappa shape index (κ2) is 34.5. The van der Waals surface area contributed by atoms with Crippen molar-refractivity contribution in [3.63, 3.8) is 0 Å². The third-order valence-corrected chi connectivity index (χ3v) is 11.2. The number of carbonyl (C=O) groups excluding carboxylic acids is 6. The van der Waals surface area contributed by atoms with E-state index in [2.05, 4.69) is 10.6 Å². The number of esters is 4. The molecule has 0 bridgehead atoms. The predicted molar refractivity (Wildman–Crippen MR) is 241 cm³/mol. The van der Waals surface area contributed by atoms with Crippen LogP contribution in [0.25, 0.3) is 0 Å². The molecule has 388 valence electrons. The van der Waals surface area contributed by atoms with Crippen molar-refractivity contribution >= 4 is 49.5 Å². The van der Waals surface area contributed by atoms with Crippen LogP contribution in [-0.2, 0) is 71.1 Å². The monoisotopic (exact) mass is 983 g/mol. The first-order valence-electron chi connectivity index (χ1n) is 24.1. The number of aliphatic carboxylic acids is 1. The zero-order chi connectivity index (χ0) is 50.4. The molecule has 22 heteroatoms. The predicted octanol–water partition coefficient (Wildman–Crippen LogP) is 5.21. The summed E-state index contributed by atoms with van der Waals surface area (Å²) in [5, 5.41) is 25.5. The Morgan fingerprint density at radius 2 is 1.06 bits per heavy atom. The Balaban J connectivity index is 3.63. The molecule has 0 radical (unpaired) electrons. The second-order valence-corrected chi connectivity index (χ2v) is 18.0. The number of aliphatic hydroxyl groups is 1. The first-order chi connectivity index (χ1) is 31.8. The molecule has 0 aromatic heterocycles. The van der Waals surface area contributed by atoms with Gasteiger partial charge in [0.25, 0.3) is 0 Å². The van der Waals surface area contributed by atoms with Crippen molar-refractivity contribution in [2.24, 2.45) is 0 Å². The molecule has 6 N–H and O–H groups in total. The number of carbonyl (C=O) groups is 7. The van der Waals surface area contributed by atoms with E-state index in [1.807, 2.05) is 27.7 Å². The van der Waals surface area contributed by atoms with Gasteiger partial charge >= 0.3 is 37.7 Å². The van der Waals surface area contributed by atoms with Crippen LogP contribution in [0.1, 0.15) is 176 Å². The SMILES string of the molecule is CCCCCC(=O)O[C@H](CCC)CC(=O)N[C@H]1[C@H](OC[C@H](NC(=O)C[C@@H](CCC)OC(=O)CCCCC)C(=O)O)O[C@H](CO)[C@@H](OP(=O)(O)O)[C@@H]1OC(=O)C[C@@H](CCC)OC(=O)CCCCC. The molecular formula is C45H79N2O19P. The molecule has 0 aromatic carbocycles. The molecule has 1 rings (SSSR count). The van der Waals surface area contributed by atoms with Crippen LogP contribution in [0.2, 0.25) is 0 Å². The number of carboxylic acid groups (broad SMARTS) is 1. The van der Waals surface area contributed by atoms with Crippen molar-refractivity contribution < 1.29 is 91.1 Å². The summed E-state index contributed by atoms with van der Waals surface area (Å²) in [6, 6.07) is -3.57. The van der Waals surface area contributed by atoms with Gasteiger partial charge in [0.1, 0.15) is 36.6 Å². The van der Waals surface area contributed by atoms with Gasteiger partial charge in [-0.15, -0.1) is 0 Å². The molecule has 0 aromatic rings. The standard InChI is InChI=1S/C45H79N2O19P/c1-7-13-16-22-37(51)61-30(19-10-4)25-35(49)46-33(44(55)56)29-60-45-41(47-36(50)26-31(20-11-5)62-38(52)23-17-14-8-2)43(42(34(28-48)64-45)66-67(57,58)59)65-40(54)27-32(21-12-6)63-39(53)24-18-15-9-3/h30-34,41-43,45,48H,7-29H2,1-6H3,(H,46,49)(H,47,50)(H,55,56)(H2,57,58,59)/t30-,31-,32-,33+,34-,41-,42-,43-,45-/m1/s1. The van der Waals surface area contributed by atoms with Gasteiger partial charge in [-0.3, -0.25) is 33.3 Å². The number of aliphatic hydroxyl groups excluding tert-OH is 1. The van der Waals surface area contributed by atoms with Crippen molar-refractivity contribution in [3.8, 4) is 0 Å². The number of rotatable bonds is 37. The smallest absolute Gasteiger partial charge is 0.470 e. The first kappa shape index (κ1) is 61.3. The topological polar surface area (TPSA) is 306 Å². The number of phosphoric ester groups is 1. The van der Waals surface area contributed by atoms with Gasteiger partial charge in [-0.2, -0.15) is 0 Å². The lowest BCUT2D eigenvalue weighted by Gasteiger charge is -2.45. The van der Waals surface area contributed by atoms with Gasteiger partial charge in [-0.25, -0.2) is 9.36 Å². The number of hydrogen-bond acceptors (Lipinski definition) is 16. The van der Waals surface area contributed by atoms with E-state index in [0.29, 0.717) is 44.9 Å². The Kier molecular flexibility index (Phi) is 31.6. The number of nitrogens with one attached hydrogen (secondary N) is 2. The van der Waals surface area contributed by atoms with E-state index in [0.717, 1.165) is 38.5 Å². The molecule has 1 aliphatic heterocycles. The highest BCUT2D eigenvalue weighted by Gasteiger charge is 2.52. The third kappa shape index (κ3) is 26.6. The summed E-state index contributed by atoms with van der Waals surface area (Å²) in [5.74, 6) is -5.88. The number of hydrogen-bond donors (Lipinski definition) is 6. The lowest BCUT2D eigenvalue weighted by atomic mass is 9.96. The average molecular weight is 983 g/mol. The molecule has 1 fully saturated rings. The maximum Gasteiger partial charge on any atom is 0.470 e. The van der Waals surface area contributed by atoms with Crippen molar-refractivity contribution in [1.29, 1.82) is 0 Å². The normalized spacial score (nSPS) is 20.1. The molecule has 1 aliphatic rings. The molecule has 67 heavy (non-hydrogen) atoms. The zero-order valence-electron chi connectivity index (χ0n) is 40.3. The minimum absolute atomic E-state index is 0.101. The summed E-state index contributed by atoms with van der Waals surface area (Å²) in [6.07, 6.45) is -2.30. The summed E-state index contributed by atoms with van der Waals surface area (Å²) in [7, 11) is -5.49. The Hall–Kier alpha value is -3.72. The van der Waals surface area contributed by atoms with Gasteiger partial charge in [0, 0.05) is 19.3 Å². The van der Waals surface area contributed by atoms with E-state index in [1.54, 1.807) is 13.8 Å². The molecule has 0 unspecified atom stereocenters. The summed E-state index contributed by atoms with van der Waals surface area (Å²) in [5.41, 5.74) is 0. The minimum Gasteiger partial charge on any atom is -0.480 e. The van der Waals surface area contributed by atoms with E-state index >= 15 is 0 Å². The summed E-state index contributed by atoms with van der Waals surface area (Å²) >= 11 is 0. The largest absolute Gasteiger partial charge is 0.480 e. The van der Waals surface area contributed by atoms with Crippen molar-refractivity contribution in [1.82, 2.24) is 10.6 Å². The number of unbranched alkanes of at least 4 members (excludes halogenated alkanes) is 6. The molecule has 9 atom stereocenters. The summed E-state index contributed by atoms with van der Waals surface area (Å²) < 4.78 is 51.6. The Bertz CT molecular complexity index is 1540. The van der Waals surface area contributed by atoms with Crippen molar-refractivity contribution in [2.75, 3.05) is 13.2 Å².